The number of hydrogen-bond acceptors (Lipinski definition) is 3. The summed E-state index contributed by atoms with van der Waals surface area (Å²) >= 11 is 0. The van der Waals surface area contributed by atoms with E-state index in [1.165, 1.54) is 11.1 Å². The van der Waals surface area contributed by atoms with Gasteiger partial charge in [0.15, 0.2) is 0 Å². The maximum atomic E-state index is 11.8. The number of fused-ring (bicyclic) bond motifs is 4. The van der Waals surface area contributed by atoms with Crippen molar-refractivity contribution < 1.29 is 4.42 Å². The predicted octanol–water partition coefficient (Wildman–Crippen LogP) is 3.95. The van der Waals surface area contributed by atoms with Crippen molar-refractivity contribution >= 4 is 11.2 Å². The highest BCUT2D eigenvalue weighted by atomic mass is 16.4. The second kappa shape index (κ2) is 4.93. The molecule has 2 heterocycles. The highest BCUT2D eigenvalue weighted by Gasteiger charge is 2.24. The van der Waals surface area contributed by atoms with Crippen LogP contribution in [0.25, 0.3) is 33.6 Å². The number of aryl methyl sites for hydroxylation is 1. The normalized spacial score (nSPS) is 12.8. The number of benzene rings is 2. The summed E-state index contributed by atoms with van der Waals surface area (Å²) in [4.78, 5) is 19.3. The average molecular weight is 314 g/mol. The van der Waals surface area contributed by atoms with Crippen molar-refractivity contribution in [2.24, 2.45) is 0 Å². The smallest absolute Gasteiger partial charge is 0.389 e. The Morgan fingerprint density at radius 3 is 2.62 bits per heavy atom. The van der Waals surface area contributed by atoms with Crippen LogP contribution in [0.2, 0.25) is 0 Å². The number of H-pyrrole nitrogens is 1. The van der Waals surface area contributed by atoms with Gasteiger partial charge in [-0.25, -0.2) is 9.78 Å². The van der Waals surface area contributed by atoms with Crippen LogP contribution in [0, 0.1) is 0 Å². The highest BCUT2D eigenvalue weighted by Crippen LogP contribution is 2.40. The first-order valence-corrected chi connectivity index (χ1v) is 8.00. The second-order valence-corrected chi connectivity index (χ2v) is 6.03. The van der Waals surface area contributed by atoms with Gasteiger partial charge in [0.25, 0.3) is 0 Å². The molecule has 0 fully saturated rings. The molecular weight excluding hydrogens is 300 g/mol. The van der Waals surface area contributed by atoms with Crippen molar-refractivity contribution in [2.45, 2.75) is 12.8 Å². The molecule has 4 heteroatoms. The van der Waals surface area contributed by atoms with Crippen LogP contribution < -0.4 is 5.76 Å². The molecule has 4 aromatic rings. The largest absolute Gasteiger partial charge is 0.418 e. The minimum Gasteiger partial charge on any atom is -0.389 e. The van der Waals surface area contributed by atoms with Gasteiger partial charge in [-0.05, 0) is 29.5 Å². The quantitative estimate of drug-likeness (QED) is 0.579. The van der Waals surface area contributed by atoms with Gasteiger partial charge >= 0.3 is 5.76 Å². The minimum atomic E-state index is -0.467. The van der Waals surface area contributed by atoms with Crippen LogP contribution in [0.5, 0.6) is 0 Å². The number of pyridine rings is 1. The summed E-state index contributed by atoms with van der Waals surface area (Å²) < 4.78 is 5.29. The second-order valence-electron chi connectivity index (χ2n) is 6.03. The SMILES string of the molecule is O=c1[nH]c2c(-c3ccccc3)c3c(nc2o1)-c1ccccc1CC3. The van der Waals surface area contributed by atoms with Crippen molar-refractivity contribution in [3.05, 3.63) is 76.3 Å². The van der Waals surface area contributed by atoms with Gasteiger partial charge in [0.05, 0.1) is 5.69 Å². The molecule has 0 radical (unpaired) electrons. The Labute approximate surface area is 137 Å². The van der Waals surface area contributed by atoms with Gasteiger partial charge in [0.1, 0.15) is 5.52 Å². The zero-order chi connectivity index (χ0) is 16.1. The number of oxazole rings is 1. The molecule has 4 nitrogen and oxygen atoms in total. The van der Waals surface area contributed by atoms with E-state index in [1.807, 2.05) is 24.3 Å². The monoisotopic (exact) mass is 314 g/mol. The number of nitrogens with one attached hydrogen (secondary N) is 1. The lowest BCUT2D eigenvalue weighted by Gasteiger charge is -2.21. The fraction of sp³-hybridized carbons (Fsp3) is 0.100. The van der Waals surface area contributed by atoms with Crippen LogP contribution in [-0.2, 0) is 12.8 Å². The van der Waals surface area contributed by atoms with E-state index in [-0.39, 0.29) is 0 Å². The number of rotatable bonds is 1. The van der Waals surface area contributed by atoms with Gasteiger partial charge in [-0.1, -0.05) is 54.6 Å². The van der Waals surface area contributed by atoms with E-state index in [9.17, 15) is 4.79 Å². The zero-order valence-corrected chi connectivity index (χ0v) is 12.9. The molecule has 116 valence electrons. The van der Waals surface area contributed by atoms with E-state index in [4.69, 9.17) is 4.42 Å². The standard InChI is InChI=1S/C20H14N2O2/c23-20-22-18-16(13-7-2-1-3-8-13)15-11-10-12-6-4-5-9-14(12)17(15)21-19(18)24-20/h1-9H,10-11H2,(H,22,23). The fourth-order valence-electron chi connectivity index (χ4n) is 3.62. The van der Waals surface area contributed by atoms with Crippen molar-refractivity contribution in [1.29, 1.82) is 0 Å². The van der Waals surface area contributed by atoms with Crippen molar-refractivity contribution in [2.75, 3.05) is 0 Å². The molecule has 5 rings (SSSR count). The molecule has 1 aliphatic carbocycles. The van der Waals surface area contributed by atoms with Gasteiger partial charge in [-0.15, -0.1) is 0 Å². The first-order valence-electron chi connectivity index (χ1n) is 8.00. The lowest BCUT2D eigenvalue weighted by atomic mass is 9.84. The van der Waals surface area contributed by atoms with Crippen LogP contribution in [0.1, 0.15) is 11.1 Å². The molecule has 1 N–H and O–H groups in total. The molecular formula is C20H14N2O2. The lowest BCUT2D eigenvalue weighted by molar-refractivity contribution is 0.546. The predicted molar refractivity (Wildman–Crippen MR) is 92.9 cm³/mol. The first-order chi connectivity index (χ1) is 11.8. The Morgan fingerprint density at radius 2 is 1.75 bits per heavy atom. The van der Waals surface area contributed by atoms with Crippen molar-refractivity contribution in [1.82, 2.24) is 9.97 Å². The number of aromatic nitrogens is 2. The molecule has 0 atom stereocenters. The summed E-state index contributed by atoms with van der Waals surface area (Å²) in [5.74, 6) is -0.467. The van der Waals surface area contributed by atoms with Gasteiger partial charge in [0.2, 0.25) is 5.71 Å². The summed E-state index contributed by atoms with van der Waals surface area (Å²) in [5.41, 5.74) is 7.65. The molecule has 0 saturated heterocycles. The van der Waals surface area contributed by atoms with Gasteiger partial charge in [-0.2, -0.15) is 0 Å². The maximum absolute atomic E-state index is 11.8. The molecule has 2 aromatic carbocycles. The molecule has 1 aliphatic rings. The average Bonchev–Trinajstić information content (AvgIpc) is 3.00. The summed E-state index contributed by atoms with van der Waals surface area (Å²) in [6.07, 6.45) is 1.87. The highest BCUT2D eigenvalue weighted by molar-refractivity contribution is 5.95. The van der Waals surface area contributed by atoms with Crippen molar-refractivity contribution in [3.8, 4) is 22.4 Å². The Kier molecular flexibility index (Phi) is 2.73. The summed E-state index contributed by atoms with van der Waals surface area (Å²) in [5, 5.41) is 0. The summed E-state index contributed by atoms with van der Waals surface area (Å²) in [7, 11) is 0. The number of nitrogens with zero attached hydrogens (tertiary/aromatic N) is 1. The topological polar surface area (TPSA) is 58.9 Å². The molecule has 0 bridgehead atoms. The Bertz CT molecular complexity index is 1120. The molecule has 0 aliphatic heterocycles. The Hall–Kier alpha value is -3.14. The Morgan fingerprint density at radius 1 is 0.958 bits per heavy atom. The van der Waals surface area contributed by atoms with E-state index in [1.54, 1.807) is 0 Å². The molecule has 0 spiro atoms. The third-order valence-corrected chi connectivity index (χ3v) is 4.66. The van der Waals surface area contributed by atoms with Crippen LogP contribution in [0.15, 0.2) is 63.8 Å². The third kappa shape index (κ3) is 1.86. The van der Waals surface area contributed by atoms with Gasteiger partial charge in [0, 0.05) is 11.1 Å². The molecule has 0 saturated carbocycles. The minimum absolute atomic E-state index is 0.370. The van der Waals surface area contributed by atoms with Crippen LogP contribution in [0.4, 0.5) is 0 Å². The lowest BCUT2D eigenvalue weighted by Crippen LogP contribution is -2.08. The summed E-state index contributed by atoms with van der Waals surface area (Å²) in [6.45, 7) is 0. The number of hydrogen-bond donors (Lipinski definition) is 1. The molecule has 2 aromatic heterocycles. The molecule has 24 heavy (non-hydrogen) atoms. The van der Waals surface area contributed by atoms with Gasteiger partial charge < -0.3 is 4.42 Å². The van der Waals surface area contributed by atoms with Crippen LogP contribution in [0.3, 0.4) is 0 Å². The van der Waals surface area contributed by atoms with E-state index in [0.717, 1.165) is 35.2 Å². The van der Waals surface area contributed by atoms with Crippen LogP contribution >= 0.6 is 0 Å². The van der Waals surface area contributed by atoms with E-state index >= 15 is 0 Å². The fourth-order valence-corrected chi connectivity index (χ4v) is 3.62. The van der Waals surface area contributed by atoms with E-state index in [2.05, 4.69) is 40.3 Å². The molecule has 0 amide bonds. The maximum Gasteiger partial charge on any atom is 0.418 e. The molecule has 0 unspecified atom stereocenters. The van der Waals surface area contributed by atoms with Crippen molar-refractivity contribution in [3.63, 3.8) is 0 Å². The first kappa shape index (κ1) is 13.3. The van der Waals surface area contributed by atoms with Crippen LogP contribution in [-0.4, -0.2) is 9.97 Å². The summed E-state index contributed by atoms with van der Waals surface area (Å²) in [6, 6.07) is 18.4. The zero-order valence-electron chi connectivity index (χ0n) is 12.9. The number of aromatic amines is 1. The van der Waals surface area contributed by atoms with E-state index in [0.29, 0.717) is 11.2 Å². The van der Waals surface area contributed by atoms with Gasteiger partial charge in [-0.3, -0.25) is 4.98 Å². The Balaban J connectivity index is 1.93. The van der Waals surface area contributed by atoms with E-state index < -0.39 is 5.76 Å². The third-order valence-electron chi connectivity index (χ3n) is 4.66.